The van der Waals surface area contributed by atoms with Crippen LogP contribution in [0.1, 0.15) is 22.3 Å². The molecule has 0 amide bonds. The first-order valence-corrected chi connectivity index (χ1v) is 16.8. The Kier molecular flexibility index (Phi) is 4.80. The zero-order valence-electron chi connectivity index (χ0n) is 24.9. The molecule has 46 heavy (non-hydrogen) atoms. The standard InChI is InChI=1S/C45H26S/c1-2-10-29-24-41-37(23-28(29)9-1)33-14-4-6-17-39(33)45(41)38-16-5-3-13-32(38)34-21-19-30(25-40(34)45)31-20-22-35-36-15-7-11-27-12-8-18-42(44(27)36)46-43(35)26-31/h1-26H. The highest BCUT2D eigenvalue weighted by Crippen LogP contribution is 2.63. The monoisotopic (exact) mass is 598 g/mol. The minimum Gasteiger partial charge on any atom is -0.0888 e. The van der Waals surface area contributed by atoms with Crippen molar-refractivity contribution in [3.8, 4) is 44.5 Å². The van der Waals surface area contributed by atoms with Crippen molar-refractivity contribution in [3.05, 3.63) is 180 Å². The first-order chi connectivity index (χ1) is 22.8. The molecule has 11 rings (SSSR count). The van der Waals surface area contributed by atoms with E-state index in [0.717, 1.165) is 0 Å². The van der Waals surface area contributed by atoms with Gasteiger partial charge in [-0.3, -0.25) is 0 Å². The molecule has 0 aromatic heterocycles. The van der Waals surface area contributed by atoms with Crippen LogP contribution in [0.3, 0.4) is 0 Å². The van der Waals surface area contributed by atoms with Crippen molar-refractivity contribution in [2.75, 3.05) is 0 Å². The molecule has 2 aliphatic carbocycles. The smallest absolute Gasteiger partial charge is 0.0725 e. The van der Waals surface area contributed by atoms with Crippen LogP contribution in [0.25, 0.3) is 66.1 Å². The average molecular weight is 599 g/mol. The van der Waals surface area contributed by atoms with E-state index in [9.17, 15) is 0 Å². The Morgan fingerprint density at radius 1 is 0.326 bits per heavy atom. The summed E-state index contributed by atoms with van der Waals surface area (Å²) in [6.45, 7) is 0. The average Bonchev–Trinajstić information content (AvgIpc) is 3.57. The molecule has 1 unspecified atom stereocenters. The van der Waals surface area contributed by atoms with Gasteiger partial charge in [0.15, 0.2) is 0 Å². The van der Waals surface area contributed by atoms with Crippen LogP contribution in [0.4, 0.5) is 0 Å². The van der Waals surface area contributed by atoms with Gasteiger partial charge in [0.05, 0.1) is 5.41 Å². The van der Waals surface area contributed by atoms with Gasteiger partial charge in [-0.05, 0) is 113 Å². The summed E-state index contributed by atoms with van der Waals surface area (Å²) < 4.78 is 0. The van der Waals surface area contributed by atoms with Gasteiger partial charge in [0, 0.05) is 15.2 Å². The highest BCUT2D eigenvalue weighted by atomic mass is 32.2. The van der Waals surface area contributed by atoms with E-state index in [0.29, 0.717) is 0 Å². The number of rotatable bonds is 1. The van der Waals surface area contributed by atoms with Crippen LogP contribution in [0.5, 0.6) is 0 Å². The quantitative estimate of drug-likeness (QED) is 0.181. The van der Waals surface area contributed by atoms with E-state index in [2.05, 4.69) is 158 Å². The van der Waals surface area contributed by atoms with Crippen LogP contribution in [-0.4, -0.2) is 0 Å². The Balaban J connectivity index is 1.16. The lowest BCUT2D eigenvalue weighted by molar-refractivity contribution is 0.795. The molecule has 8 aromatic rings. The molecule has 3 aliphatic rings. The maximum atomic E-state index is 2.50. The molecule has 212 valence electrons. The van der Waals surface area contributed by atoms with Crippen molar-refractivity contribution in [1.29, 1.82) is 0 Å². The second kappa shape index (κ2) is 8.88. The highest BCUT2D eigenvalue weighted by Gasteiger charge is 2.51. The van der Waals surface area contributed by atoms with Gasteiger partial charge in [-0.1, -0.05) is 139 Å². The molecule has 1 heteroatoms. The minimum atomic E-state index is -0.366. The summed E-state index contributed by atoms with van der Waals surface area (Å²) in [5, 5.41) is 5.26. The van der Waals surface area contributed by atoms with E-state index in [-0.39, 0.29) is 5.41 Å². The van der Waals surface area contributed by atoms with Gasteiger partial charge < -0.3 is 0 Å². The first kappa shape index (κ1) is 24.9. The Morgan fingerprint density at radius 2 is 0.891 bits per heavy atom. The molecule has 0 nitrogen and oxygen atoms in total. The Morgan fingerprint density at radius 3 is 1.70 bits per heavy atom. The second-order valence-electron chi connectivity index (χ2n) is 12.8. The lowest BCUT2D eigenvalue weighted by Crippen LogP contribution is -2.25. The largest absolute Gasteiger partial charge is 0.0888 e. The molecule has 0 fully saturated rings. The SMILES string of the molecule is c1ccc2c(c1)-c1ccc(-c3ccc4c(c3)Sc3cccc5cccc-4c35)cc1C21c2ccccc2-c2cc3ccccc3cc21. The molecule has 0 radical (unpaired) electrons. The normalized spacial score (nSPS) is 16.3. The summed E-state index contributed by atoms with van der Waals surface area (Å²) in [4.78, 5) is 2.66. The summed E-state index contributed by atoms with van der Waals surface area (Å²) in [6, 6.07) is 59.5. The third kappa shape index (κ3) is 3.06. The Labute approximate surface area is 272 Å². The van der Waals surface area contributed by atoms with Gasteiger partial charge in [0.2, 0.25) is 0 Å². The minimum absolute atomic E-state index is 0.366. The second-order valence-corrected chi connectivity index (χ2v) is 13.9. The Hall–Kier alpha value is -5.37. The molecule has 0 N–H and O–H groups in total. The van der Waals surface area contributed by atoms with Crippen LogP contribution in [0.2, 0.25) is 0 Å². The van der Waals surface area contributed by atoms with Crippen LogP contribution in [0.15, 0.2) is 168 Å². The van der Waals surface area contributed by atoms with E-state index >= 15 is 0 Å². The summed E-state index contributed by atoms with van der Waals surface area (Å²) in [5.41, 5.74) is 15.7. The fourth-order valence-electron chi connectivity index (χ4n) is 8.75. The van der Waals surface area contributed by atoms with Crippen molar-refractivity contribution in [3.63, 3.8) is 0 Å². The fourth-order valence-corrected chi connectivity index (χ4v) is 9.93. The van der Waals surface area contributed by atoms with E-state index in [1.54, 1.807) is 0 Å². The molecular formula is C45H26S. The van der Waals surface area contributed by atoms with Crippen molar-refractivity contribution in [2.24, 2.45) is 0 Å². The van der Waals surface area contributed by atoms with Crippen molar-refractivity contribution in [2.45, 2.75) is 15.2 Å². The topological polar surface area (TPSA) is 0 Å². The number of hydrogen-bond acceptors (Lipinski definition) is 1. The molecule has 0 saturated heterocycles. The van der Waals surface area contributed by atoms with Crippen LogP contribution in [-0.2, 0) is 5.41 Å². The molecule has 0 saturated carbocycles. The first-order valence-electron chi connectivity index (χ1n) is 16.0. The van der Waals surface area contributed by atoms with Gasteiger partial charge in [0.1, 0.15) is 0 Å². The maximum absolute atomic E-state index is 2.50. The van der Waals surface area contributed by atoms with Gasteiger partial charge in [0.25, 0.3) is 0 Å². The summed E-state index contributed by atoms with van der Waals surface area (Å²) in [5.74, 6) is 0. The molecule has 1 aliphatic heterocycles. The molecule has 8 aromatic carbocycles. The van der Waals surface area contributed by atoms with E-state index in [1.165, 1.54) is 98.1 Å². The van der Waals surface area contributed by atoms with Gasteiger partial charge in [-0.25, -0.2) is 0 Å². The van der Waals surface area contributed by atoms with Gasteiger partial charge >= 0.3 is 0 Å². The molecule has 1 atom stereocenters. The number of hydrogen-bond donors (Lipinski definition) is 0. The lowest BCUT2D eigenvalue weighted by Gasteiger charge is -2.31. The zero-order valence-corrected chi connectivity index (χ0v) is 25.7. The molecular weight excluding hydrogens is 573 g/mol. The van der Waals surface area contributed by atoms with Crippen molar-refractivity contribution in [1.82, 2.24) is 0 Å². The summed E-state index contributed by atoms with van der Waals surface area (Å²) in [6.07, 6.45) is 0. The van der Waals surface area contributed by atoms with Crippen LogP contribution >= 0.6 is 11.8 Å². The summed E-state index contributed by atoms with van der Waals surface area (Å²) in [7, 11) is 0. The number of benzene rings is 8. The van der Waals surface area contributed by atoms with Crippen molar-refractivity contribution >= 4 is 33.3 Å². The van der Waals surface area contributed by atoms with E-state index in [4.69, 9.17) is 0 Å². The van der Waals surface area contributed by atoms with E-state index in [1.807, 2.05) is 11.8 Å². The molecule has 1 heterocycles. The third-order valence-electron chi connectivity index (χ3n) is 10.6. The lowest BCUT2D eigenvalue weighted by atomic mass is 9.70. The summed E-state index contributed by atoms with van der Waals surface area (Å²) >= 11 is 1.90. The van der Waals surface area contributed by atoms with Gasteiger partial charge in [-0.2, -0.15) is 0 Å². The zero-order chi connectivity index (χ0) is 30.0. The van der Waals surface area contributed by atoms with Crippen molar-refractivity contribution < 1.29 is 0 Å². The molecule has 0 bridgehead atoms. The fraction of sp³-hybridized carbons (Fsp3) is 0.0222. The predicted octanol–water partition coefficient (Wildman–Crippen LogP) is 12.1. The highest BCUT2D eigenvalue weighted by molar-refractivity contribution is 7.99. The van der Waals surface area contributed by atoms with E-state index < -0.39 is 0 Å². The molecule has 1 spiro atoms. The third-order valence-corrected chi connectivity index (χ3v) is 11.8. The van der Waals surface area contributed by atoms with Gasteiger partial charge in [-0.15, -0.1) is 0 Å². The Bertz CT molecular complexity index is 2620. The maximum Gasteiger partial charge on any atom is 0.0725 e. The predicted molar refractivity (Wildman–Crippen MR) is 193 cm³/mol. The van der Waals surface area contributed by atoms with Crippen LogP contribution in [0, 0.1) is 0 Å². The van der Waals surface area contributed by atoms with Crippen LogP contribution < -0.4 is 0 Å². The number of fused-ring (bicyclic) bond motifs is 13.